The monoisotopic (exact) mass is 1740 g/mol. The lowest BCUT2D eigenvalue weighted by atomic mass is 9.27. The molecule has 622 valence electrons. The Morgan fingerprint density at radius 1 is 0.225 bits per heavy atom. The van der Waals surface area contributed by atoms with Crippen molar-refractivity contribution < 1.29 is 141 Å². The number of rotatable bonds is 21. The third kappa shape index (κ3) is 13.6. The van der Waals surface area contributed by atoms with Gasteiger partial charge in [0.05, 0.1) is 0 Å². The predicted molar refractivity (Wildman–Crippen MR) is 391 cm³/mol. The first kappa shape index (κ1) is 87.8. The van der Waals surface area contributed by atoms with E-state index in [1.54, 1.807) is 0 Å². The summed E-state index contributed by atoms with van der Waals surface area (Å²) in [6.45, 7) is 7.58. The molecule has 12 rings (SSSR count). The molecule has 12 aromatic rings. The van der Waals surface area contributed by atoms with Crippen LogP contribution in [0.1, 0.15) is 44.5 Å². The summed E-state index contributed by atoms with van der Waals surface area (Å²) in [5.41, 5.74) is -23.5. The highest BCUT2D eigenvalue weighted by Crippen LogP contribution is 2.68. The van der Waals surface area contributed by atoms with Crippen molar-refractivity contribution in [2.45, 2.75) is 41.5 Å². The lowest BCUT2D eigenvalue weighted by Gasteiger charge is -2.43. The smallest absolute Gasteiger partial charge is 0.292 e. The maximum Gasteiger partial charge on any atom is 0.292 e. The molecule has 0 fully saturated rings. The van der Waals surface area contributed by atoms with Crippen LogP contribution in [-0.2, 0) is 9.51 Å². The van der Waals surface area contributed by atoms with Crippen LogP contribution in [0.3, 0.4) is 0 Å². The molecule has 0 spiro atoms. The average molecular weight is 1740 g/mol. The summed E-state index contributed by atoms with van der Waals surface area (Å²) < 4.78 is 513. The fourth-order valence-electron chi connectivity index (χ4n) is 15.5. The third-order valence-electron chi connectivity index (χ3n) is 20.6. The Labute approximate surface area is 659 Å². The second-order valence-electron chi connectivity index (χ2n) is 27.5. The summed E-state index contributed by atoms with van der Waals surface area (Å²) in [4.78, 5) is 0. The van der Waals surface area contributed by atoms with Gasteiger partial charge in [0.1, 0.15) is 118 Å². The number of halogens is 30. The van der Waals surface area contributed by atoms with Gasteiger partial charge in [0, 0.05) is 11.1 Å². The molecule has 0 aliphatic rings. The lowest BCUT2D eigenvalue weighted by molar-refractivity contribution is 0.330. The Morgan fingerprint density at radius 3 is 0.517 bits per heavy atom. The van der Waals surface area contributed by atoms with Gasteiger partial charge < -0.3 is 9.51 Å². The van der Waals surface area contributed by atoms with Gasteiger partial charge in [0.2, 0.25) is 10.9 Å². The fraction of sp³-hybridized carbons (Fsp3) is 0.0976. The lowest BCUT2D eigenvalue weighted by Crippen LogP contribution is -2.74. The van der Waals surface area contributed by atoms with E-state index in [1.165, 1.54) is 187 Å². The third-order valence-corrected chi connectivity index (χ3v) is 29.5. The molecular weight excluding hydrogens is 1700 g/mol. The molecule has 0 aliphatic heterocycles. The molecule has 120 heavy (non-hydrogen) atoms. The topological polar surface area (TPSA) is 43.2 Å². The largest absolute Gasteiger partial charge is 0.599 e. The van der Waals surface area contributed by atoms with Gasteiger partial charge in [-0.2, -0.15) is 0 Å². The van der Waals surface area contributed by atoms with E-state index in [2.05, 4.69) is 10.3 Å². The van der Waals surface area contributed by atoms with E-state index >= 15 is 132 Å². The number of benzene rings is 12. The summed E-state index contributed by atoms with van der Waals surface area (Å²) in [5.74, 6) is -104. The molecule has 0 heterocycles. The normalized spacial score (nSPS) is 12.5. The Kier molecular flexibility index (Phi) is 24.1. The molecule has 0 aromatic heterocycles. The molecule has 12 aromatic carbocycles. The fourth-order valence-corrected chi connectivity index (χ4v) is 25.5. The molecule has 0 unspecified atom stereocenters. The Morgan fingerprint density at radius 2 is 0.367 bits per heavy atom. The zero-order chi connectivity index (χ0) is 88.1. The molecule has 0 bridgehead atoms. The molecule has 38 heteroatoms. The number of hydrogen-bond acceptors (Lipinski definition) is 4. The molecule has 0 radical (unpaired) electrons. The number of hydrogen-bond donors (Lipinski definition) is 0. The van der Waals surface area contributed by atoms with E-state index in [4.69, 9.17) is 9.51 Å². The molecule has 0 amide bonds. The number of nitrogens with zero attached hydrogens (tertiary/aromatic N) is 2. The summed E-state index contributed by atoms with van der Waals surface area (Å²) in [6, 6.07) is 29.3. The van der Waals surface area contributed by atoms with Crippen LogP contribution in [0.15, 0.2) is 156 Å². The zero-order valence-electron chi connectivity index (χ0n) is 61.4. The van der Waals surface area contributed by atoms with Crippen molar-refractivity contribution in [2.75, 3.05) is 12.3 Å². The van der Waals surface area contributed by atoms with Crippen molar-refractivity contribution >= 4 is 92.1 Å². The van der Waals surface area contributed by atoms with Crippen LogP contribution in [0.4, 0.5) is 132 Å². The van der Waals surface area contributed by atoms with Crippen LogP contribution in [0.5, 0.6) is 0 Å². The van der Waals surface area contributed by atoms with Gasteiger partial charge in [-0.3, -0.25) is 0 Å². The highest BCUT2D eigenvalue weighted by molar-refractivity contribution is 8.06. The molecule has 0 N–H and O–H groups in total. The van der Waals surface area contributed by atoms with E-state index in [0.717, 1.165) is 0 Å². The summed E-state index contributed by atoms with van der Waals surface area (Å²) >= 11 is 0. The maximum absolute atomic E-state index is 17.6. The second kappa shape index (κ2) is 32.9. The number of aryl methyl sites for hydroxylation is 6. The molecule has 4 nitrogen and oxygen atoms in total. The van der Waals surface area contributed by atoms with E-state index < -0.39 is 269 Å². The van der Waals surface area contributed by atoms with Crippen LogP contribution in [0, 0.1) is 216 Å². The van der Waals surface area contributed by atoms with Crippen LogP contribution < -0.4 is 54.0 Å². The SMILES string of the molecule is Cc1cc(C)c(/C(=N/O[B-](c2c(F)c(F)c(F)c(F)c2F)(c2c(F)c(F)c(F)c(F)c2F)c2c(F)c(F)c(F)c(F)c2F)[P+](CC[P+](/C(=N\O[B-](c2c(F)c(F)c(F)c(F)c2F)(c2c(F)c(F)c(F)c(F)c2F)c2c(F)c(F)c(F)c(F)c2F)c2c(C)cc(C)cc2C)(c2ccccc2)c2ccccc2)(c2ccccc2)c2ccccc2)c(C)c1. The van der Waals surface area contributed by atoms with Crippen molar-refractivity contribution in [1.29, 1.82) is 0 Å². The van der Waals surface area contributed by atoms with Crippen molar-refractivity contribution in [3.8, 4) is 0 Å². The van der Waals surface area contributed by atoms with Crippen molar-refractivity contribution in [1.82, 2.24) is 0 Å². The van der Waals surface area contributed by atoms with Gasteiger partial charge in [-0.15, -0.1) is 0 Å². The molecule has 0 saturated heterocycles. The first-order valence-corrected chi connectivity index (χ1v) is 38.6. The van der Waals surface area contributed by atoms with Gasteiger partial charge in [-0.1, -0.05) is 151 Å². The van der Waals surface area contributed by atoms with Gasteiger partial charge in [-0.05, 0) is 112 Å². The standard InChI is InChI=1S/C82H46B2F30N2O2P2/c1-33-29-35(3)43(36(4)30-33)81(115-117-83(45-51(85)63(97)75(109)64(98)52(45)86,46-53(87)65(99)76(110)66(100)54(46)88)47-55(89)67(101)77(111)68(102)56(47)90)119(39-19-11-7-12-20-39,40-21-13-8-14-22-40)27-28-120(41-23-15-9-16-24-41,42-25-17-10-18-26-42)82(44-37(5)31-34(2)32-38(44)6)116-118-84(48-57(91)69(103)78(112)70(104)58(48)92,49-59(93)71(105)79(113)72(106)60(49)94)50-61(95)73(107)80(114)74(108)62(50)96/h7-26,29-32H,27-28H2,1-6H3/b115-81-,116-82-. The van der Waals surface area contributed by atoms with Crippen LogP contribution in [0.25, 0.3) is 0 Å². The van der Waals surface area contributed by atoms with Crippen LogP contribution in [0.2, 0.25) is 0 Å². The Hall–Kier alpha value is -11.5. The average Bonchev–Trinajstić information content (AvgIpc) is 0.701. The van der Waals surface area contributed by atoms with Crippen molar-refractivity contribution in [2.24, 2.45) is 10.3 Å². The quantitative estimate of drug-likeness (QED) is 0.0137. The summed E-state index contributed by atoms with van der Waals surface area (Å²) in [6.07, 6.45) is -16.5. The first-order valence-electron chi connectivity index (χ1n) is 34.6. The first-order chi connectivity index (χ1) is 56.5. The van der Waals surface area contributed by atoms with Crippen molar-refractivity contribution in [3.63, 3.8) is 0 Å². The molecule has 0 aliphatic carbocycles. The number of oxime groups is 2. The summed E-state index contributed by atoms with van der Waals surface area (Å²) in [5, 5.41) is 7.23. The van der Waals surface area contributed by atoms with E-state index in [1.807, 2.05) is 0 Å². The Bertz CT molecular complexity index is 5280. The van der Waals surface area contributed by atoms with Crippen LogP contribution in [-0.4, -0.2) is 35.9 Å². The highest BCUT2D eigenvalue weighted by atomic mass is 31.2. The van der Waals surface area contributed by atoms with Crippen LogP contribution >= 0.6 is 14.5 Å². The van der Waals surface area contributed by atoms with E-state index in [-0.39, 0.29) is 54.6 Å². The minimum Gasteiger partial charge on any atom is -0.599 e. The maximum atomic E-state index is 17.6. The van der Waals surface area contributed by atoms with Crippen molar-refractivity contribution in [3.05, 3.63) is 365 Å². The Balaban J connectivity index is 1.35. The molecule has 0 atom stereocenters. The summed E-state index contributed by atoms with van der Waals surface area (Å²) in [7, 11) is -10.3. The van der Waals surface area contributed by atoms with E-state index in [0.29, 0.717) is 0 Å². The predicted octanol–water partition coefficient (Wildman–Crippen LogP) is 18.4. The van der Waals surface area contributed by atoms with Gasteiger partial charge >= 0.3 is 0 Å². The van der Waals surface area contributed by atoms with E-state index in [9.17, 15) is 0 Å². The minimum absolute atomic E-state index is 0.213. The minimum atomic E-state index is -7.13. The molecular formula is C82H46B2F30N2O2P2. The highest BCUT2D eigenvalue weighted by Gasteiger charge is 2.61. The second-order valence-corrected chi connectivity index (χ2v) is 34.5. The molecule has 0 saturated carbocycles. The van der Waals surface area contributed by atoms with Gasteiger partial charge in [0.15, 0.2) is 105 Å². The van der Waals surface area contributed by atoms with Gasteiger partial charge in [0.25, 0.3) is 12.7 Å². The zero-order valence-corrected chi connectivity index (χ0v) is 63.2. The van der Waals surface area contributed by atoms with Gasteiger partial charge in [-0.25, -0.2) is 132 Å².